The molecule has 1 amide bonds. The molecule has 0 bridgehead atoms. The smallest absolute Gasteiger partial charge is 0.330 e. The summed E-state index contributed by atoms with van der Waals surface area (Å²) < 4.78 is 0.906. The zero-order valence-corrected chi connectivity index (χ0v) is 6.61. The first-order valence-electron chi connectivity index (χ1n) is 3.47. The number of hydrogen-bond donors (Lipinski definition) is 2. The van der Waals surface area contributed by atoms with E-state index in [-0.39, 0.29) is 13.0 Å². The number of nitrogens with zero attached hydrogens (tertiary/aromatic N) is 2. The minimum atomic E-state index is -0.844. The molecule has 0 unspecified atom stereocenters. The van der Waals surface area contributed by atoms with Gasteiger partial charge in [0.1, 0.15) is 0 Å². The molecule has 7 heteroatoms. The summed E-state index contributed by atoms with van der Waals surface area (Å²) in [5.41, 5.74) is 3.21. The van der Waals surface area contributed by atoms with Crippen LogP contribution in [0.4, 0.5) is 0 Å². The maximum Gasteiger partial charge on any atom is 0.330 e. The van der Waals surface area contributed by atoms with Crippen LogP contribution in [0.15, 0.2) is 9.59 Å². The van der Waals surface area contributed by atoms with Gasteiger partial charge in [-0.05, 0) is 0 Å². The fraction of sp³-hybridized carbons (Fsp3) is 0.333. The van der Waals surface area contributed by atoms with Crippen LogP contribution in [0.1, 0.15) is 6.42 Å². The molecule has 3 N–H and O–H groups in total. The highest BCUT2D eigenvalue weighted by Gasteiger charge is 2.02. The van der Waals surface area contributed by atoms with Crippen LogP contribution in [0, 0.1) is 6.33 Å². The van der Waals surface area contributed by atoms with Crippen LogP contribution in [-0.4, -0.2) is 20.7 Å². The topological polar surface area (TPSA) is 111 Å². The lowest BCUT2D eigenvalue weighted by Crippen LogP contribution is -2.37. The minimum absolute atomic E-state index is 0.0189. The molecule has 69 valence electrons. The van der Waals surface area contributed by atoms with Gasteiger partial charge in [0, 0.05) is 13.0 Å². The third-order valence-electron chi connectivity index (χ3n) is 1.35. The fourth-order valence-electron chi connectivity index (χ4n) is 0.725. The highest BCUT2D eigenvalue weighted by molar-refractivity contribution is 5.73. The van der Waals surface area contributed by atoms with Gasteiger partial charge in [-0.2, -0.15) is 5.10 Å². The number of rotatable bonds is 3. The van der Waals surface area contributed by atoms with Crippen LogP contribution in [0.5, 0.6) is 0 Å². The quantitative estimate of drug-likeness (QED) is 0.509. The Morgan fingerprint density at radius 2 is 2.31 bits per heavy atom. The van der Waals surface area contributed by atoms with Gasteiger partial charge in [0.05, 0.1) is 0 Å². The summed E-state index contributed by atoms with van der Waals surface area (Å²) in [5, 5.41) is 5.19. The monoisotopic (exact) mass is 183 g/mol. The lowest BCUT2D eigenvalue weighted by Gasteiger charge is -1.98. The number of aryl methyl sites for hydroxylation is 1. The van der Waals surface area contributed by atoms with Crippen LogP contribution in [0.25, 0.3) is 0 Å². The Bertz CT molecular complexity index is 418. The van der Waals surface area contributed by atoms with Crippen molar-refractivity contribution >= 4 is 5.91 Å². The number of amides is 1. The van der Waals surface area contributed by atoms with Crippen molar-refractivity contribution in [1.82, 2.24) is 14.8 Å². The molecule has 1 aromatic rings. The van der Waals surface area contributed by atoms with E-state index in [1.807, 2.05) is 5.10 Å². The Balaban J connectivity index is 2.90. The largest absolute Gasteiger partial charge is 0.370 e. The number of carbonyl (C=O) groups excluding carboxylic acids is 1. The molecular formula is C6H7N4O3. The van der Waals surface area contributed by atoms with Gasteiger partial charge in [-0.3, -0.25) is 19.0 Å². The second kappa shape index (κ2) is 3.65. The van der Waals surface area contributed by atoms with Gasteiger partial charge < -0.3 is 5.73 Å². The van der Waals surface area contributed by atoms with Crippen molar-refractivity contribution in [1.29, 1.82) is 0 Å². The van der Waals surface area contributed by atoms with Crippen molar-refractivity contribution in [3.63, 3.8) is 0 Å². The van der Waals surface area contributed by atoms with Gasteiger partial charge in [0.25, 0.3) is 0 Å². The van der Waals surface area contributed by atoms with Crippen molar-refractivity contribution in [2.45, 2.75) is 13.0 Å². The Hall–Kier alpha value is -1.92. The molecule has 0 aliphatic rings. The zero-order valence-electron chi connectivity index (χ0n) is 6.61. The number of aromatic amines is 1. The lowest BCUT2D eigenvalue weighted by atomic mass is 10.4. The van der Waals surface area contributed by atoms with E-state index < -0.39 is 17.0 Å². The number of nitrogens with one attached hydrogen (secondary N) is 1. The zero-order chi connectivity index (χ0) is 9.84. The number of nitrogens with two attached hydrogens (primary N) is 1. The molecule has 0 aliphatic carbocycles. The highest BCUT2D eigenvalue weighted by Crippen LogP contribution is 1.80. The average Bonchev–Trinajstić information content (AvgIpc) is 2.07. The second-order valence-electron chi connectivity index (χ2n) is 2.33. The minimum Gasteiger partial charge on any atom is -0.370 e. The molecule has 1 heterocycles. The number of H-pyrrole nitrogens is 1. The first kappa shape index (κ1) is 9.17. The Morgan fingerprint density at radius 3 is 2.92 bits per heavy atom. The first-order valence-corrected chi connectivity index (χ1v) is 3.47. The van der Waals surface area contributed by atoms with Crippen LogP contribution in [-0.2, 0) is 11.3 Å². The maximum atomic E-state index is 11.0. The molecule has 0 aromatic carbocycles. The molecule has 0 aliphatic heterocycles. The molecule has 0 saturated heterocycles. The molecule has 1 aromatic heterocycles. The maximum absolute atomic E-state index is 11.0. The lowest BCUT2D eigenvalue weighted by molar-refractivity contribution is -0.118. The molecule has 0 fully saturated rings. The number of aromatic nitrogens is 3. The van der Waals surface area contributed by atoms with Gasteiger partial charge >= 0.3 is 11.1 Å². The van der Waals surface area contributed by atoms with Crippen LogP contribution in [0.3, 0.4) is 0 Å². The summed E-state index contributed by atoms with van der Waals surface area (Å²) in [6.07, 6.45) is 2.20. The second-order valence-corrected chi connectivity index (χ2v) is 2.33. The van der Waals surface area contributed by atoms with Crippen molar-refractivity contribution < 1.29 is 4.79 Å². The van der Waals surface area contributed by atoms with E-state index in [1.54, 1.807) is 0 Å². The van der Waals surface area contributed by atoms with Gasteiger partial charge in [-0.25, -0.2) is 5.10 Å². The molecule has 7 nitrogen and oxygen atoms in total. The molecular weight excluding hydrogens is 176 g/mol. The average molecular weight is 183 g/mol. The Labute approximate surface area is 72.2 Å². The summed E-state index contributed by atoms with van der Waals surface area (Å²) in [6.45, 7) is 0.0189. The fourth-order valence-corrected chi connectivity index (χ4v) is 0.725. The van der Waals surface area contributed by atoms with E-state index in [9.17, 15) is 14.4 Å². The van der Waals surface area contributed by atoms with Gasteiger partial charge in [-0.1, -0.05) is 0 Å². The summed E-state index contributed by atoms with van der Waals surface area (Å²) in [6, 6.07) is 0. The van der Waals surface area contributed by atoms with Crippen molar-refractivity contribution in [3.05, 3.63) is 27.0 Å². The van der Waals surface area contributed by atoms with Gasteiger partial charge in [0.15, 0.2) is 0 Å². The van der Waals surface area contributed by atoms with Crippen molar-refractivity contribution in [2.24, 2.45) is 5.73 Å². The number of hydrogen-bond acceptors (Lipinski definition) is 4. The number of primary amides is 1. The third kappa shape index (κ3) is 2.26. The molecule has 13 heavy (non-hydrogen) atoms. The normalized spacial score (nSPS) is 9.85. The molecule has 1 radical (unpaired) electrons. The first-order chi connectivity index (χ1) is 6.11. The van der Waals surface area contributed by atoms with Crippen LogP contribution in [0.2, 0.25) is 0 Å². The summed E-state index contributed by atoms with van der Waals surface area (Å²) in [4.78, 5) is 32.0. The Morgan fingerprint density at radius 1 is 1.62 bits per heavy atom. The van der Waals surface area contributed by atoms with E-state index in [2.05, 4.69) is 11.4 Å². The Kier molecular flexibility index (Phi) is 2.58. The molecule has 0 atom stereocenters. The molecule has 0 spiro atoms. The van der Waals surface area contributed by atoms with E-state index in [0.29, 0.717) is 0 Å². The summed E-state index contributed by atoms with van der Waals surface area (Å²) in [7, 11) is 0. The van der Waals surface area contributed by atoms with E-state index in [1.165, 1.54) is 0 Å². The van der Waals surface area contributed by atoms with Crippen LogP contribution >= 0.6 is 0 Å². The predicted octanol–water partition coefficient (Wildman–Crippen LogP) is -2.39. The standard InChI is InChI=1S/C6H7N4O3/c7-4(11)1-2-10-3-8-9-5(12)6(10)13/h1-2H2,(H2,7,11)(H,9,12). The van der Waals surface area contributed by atoms with Crippen LogP contribution < -0.4 is 16.9 Å². The third-order valence-corrected chi connectivity index (χ3v) is 1.35. The van der Waals surface area contributed by atoms with E-state index in [4.69, 9.17) is 5.73 Å². The predicted molar refractivity (Wildman–Crippen MR) is 41.8 cm³/mol. The molecule has 1 rings (SSSR count). The van der Waals surface area contributed by atoms with E-state index >= 15 is 0 Å². The SMILES string of the molecule is NC(=O)CCn1[c]n[nH]c(=O)c1=O. The van der Waals surface area contributed by atoms with Crippen molar-refractivity contribution in [3.8, 4) is 0 Å². The van der Waals surface area contributed by atoms with E-state index in [0.717, 1.165) is 4.57 Å². The summed E-state index contributed by atoms with van der Waals surface area (Å²) in [5.74, 6) is -0.555. The number of carbonyl (C=O) groups is 1. The van der Waals surface area contributed by atoms with Gasteiger partial charge in [0.2, 0.25) is 12.2 Å². The van der Waals surface area contributed by atoms with Crippen molar-refractivity contribution in [2.75, 3.05) is 0 Å². The molecule has 0 saturated carbocycles. The highest BCUT2D eigenvalue weighted by atomic mass is 16.2. The van der Waals surface area contributed by atoms with Gasteiger partial charge in [-0.15, -0.1) is 0 Å². The summed E-state index contributed by atoms with van der Waals surface area (Å²) >= 11 is 0.